The number of aromatic nitrogens is 1. The quantitative estimate of drug-likeness (QED) is 0.907. The number of carbonyl (C=O) groups is 2. The molecule has 1 amide bonds. The third-order valence-electron chi connectivity index (χ3n) is 4.24. The molecule has 6 nitrogen and oxygen atoms in total. The van der Waals surface area contributed by atoms with Crippen molar-refractivity contribution in [3.8, 4) is 0 Å². The molecule has 0 saturated carbocycles. The van der Waals surface area contributed by atoms with Crippen LogP contribution < -0.4 is 5.32 Å². The van der Waals surface area contributed by atoms with Crippen LogP contribution in [-0.2, 0) is 4.79 Å². The predicted octanol–water partition coefficient (Wildman–Crippen LogP) is 2.16. The number of para-hydroxylation sites is 1. The van der Waals surface area contributed by atoms with Crippen LogP contribution in [0, 0.1) is 0 Å². The summed E-state index contributed by atoms with van der Waals surface area (Å²) in [7, 11) is 0. The summed E-state index contributed by atoms with van der Waals surface area (Å²) in [5.41, 5.74) is 1.21. The highest BCUT2D eigenvalue weighted by molar-refractivity contribution is 5.94. The second-order valence-corrected chi connectivity index (χ2v) is 6.05. The summed E-state index contributed by atoms with van der Waals surface area (Å²) in [6.07, 6.45) is -0.534. The van der Waals surface area contributed by atoms with Gasteiger partial charge in [-0.15, -0.1) is 0 Å². The zero-order valence-corrected chi connectivity index (χ0v) is 13.3. The van der Waals surface area contributed by atoms with Crippen LogP contribution in [0.2, 0.25) is 0 Å². The number of hydrogen-bond donors (Lipinski definition) is 2. The lowest BCUT2D eigenvalue weighted by Gasteiger charge is -2.30. The molecule has 23 heavy (non-hydrogen) atoms. The molecule has 0 spiro atoms. The molecule has 0 radical (unpaired) electrons. The summed E-state index contributed by atoms with van der Waals surface area (Å²) >= 11 is 0. The number of benzene rings is 1. The number of fused-ring (bicyclic) bond motifs is 1. The molecule has 1 aromatic carbocycles. The standard InChI is InChI=1S/C17H19N3O3/c1-9(2)20-10(3)16(21)19-15(20)14-12(17(22)23)8-11-6-4-5-7-13(11)18-14/h4-10,15H,1-3H3,(H,19,21)(H,22,23). The van der Waals surface area contributed by atoms with Gasteiger partial charge < -0.3 is 10.4 Å². The van der Waals surface area contributed by atoms with Gasteiger partial charge in [0.1, 0.15) is 6.17 Å². The third kappa shape index (κ3) is 2.55. The summed E-state index contributed by atoms with van der Waals surface area (Å²) in [6.45, 7) is 5.77. The van der Waals surface area contributed by atoms with Gasteiger partial charge >= 0.3 is 5.97 Å². The Kier molecular flexibility index (Phi) is 3.77. The van der Waals surface area contributed by atoms with Crippen molar-refractivity contribution in [3.63, 3.8) is 0 Å². The Morgan fingerprint density at radius 1 is 1.35 bits per heavy atom. The molecule has 1 aliphatic rings. The normalized spacial score (nSPS) is 21.8. The van der Waals surface area contributed by atoms with Crippen molar-refractivity contribution in [2.75, 3.05) is 0 Å². The van der Waals surface area contributed by atoms with E-state index < -0.39 is 12.1 Å². The number of pyridine rings is 1. The first-order valence-corrected chi connectivity index (χ1v) is 7.61. The number of rotatable bonds is 3. The van der Waals surface area contributed by atoms with Crippen molar-refractivity contribution in [2.24, 2.45) is 0 Å². The van der Waals surface area contributed by atoms with Gasteiger partial charge in [-0.2, -0.15) is 0 Å². The van der Waals surface area contributed by atoms with Crippen molar-refractivity contribution in [1.82, 2.24) is 15.2 Å². The fourth-order valence-corrected chi connectivity index (χ4v) is 3.15. The summed E-state index contributed by atoms with van der Waals surface area (Å²) in [5, 5.41) is 13.2. The molecule has 1 fully saturated rings. The summed E-state index contributed by atoms with van der Waals surface area (Å²) in [5.74, 6) is -1.16. The fraction of sp³-hybridized carbons (Fsp3) is 0.353. The topological polar surface area (TPSA) is 82.5 Å². The van der Waals surface area contributed by atoms with Gasteiger partial charge in [-0.25, -0.2) is 9.78 Å². The Hall–Kier alpha value is -2.47. The van der Waals surface area contributed by atoms with E-state index in [0.717, 1.165) is 5.39 Å². The highest BCUT2D eigenvalue weighted by Crippen LogP contribution is 2.31. The molecular formula is C17H19N3O3. The summed E-state index contributed by atoms with van der Waals surface area (Å²) in [4.78, 5) is 30.3. The minimum atomic E-state index is -1.05. The minimum Gasteiger partial charge on any atom is -0.478 e. The Balaban J connectivity index is 2.19. The number of carbonyl (C=O) groups excluding carboxylic acids is 1. The largest absolute Gasteiger partial charge is 0.478 e. The predicted molar refractivity (Wildman–Crippen MR) is 86.0 cm³/mol. The van der Waals surface area contributed by atoms with Gasteiger partial charge in [0.25, 0.3) is 0 Å². The second kappa shape index (κ2) is 5.62. The van der Waals surface area contributed by atoms with E-state index in [-0.39, 0.29) is 23.6 Å². The van der Waals surface area contributed by atoms with Crippen LogP contribution in [0.25, 0.3) is 10.9 Å². The molecule has 1 aromatic heterocycles. The molecular weight excluding hydrogens is 294 g/mol. The average molecular weight is 313 g/mol. The number of nitrogens with zero attached hydrogens (tertiary/aromatic N) is 2. The van der Waals surface area contributed by atoms with Crippen molar-refractivity contribution >= 4 is 22.8 Å². The van der Waals surface area contributed by atoms with Crippen LogP contribution in [0.5, 0.6) is 0 Å². The van der Waals surface area contributed by atoms with E-state index in [2.05, 4.69) is 10.3 Å². The SMILES string of the molecule is CC(C)N1C(C)C(=O)NC1c1nc2ccccc2cc1C(=O)O. The maximum atomic E-state index is 12.1. The second-order valence-electron chi connectivity index (χ2n) is 6.05. The molecule has 2 atom stereocenters. The first kappa shape index (κ1) is 15.4. The molecule has 2 unspecified atom stereocenters. The lowest BCUT2D eigenvalue weighted by Crippen LogP contribution is -2.38. The van der Waals surface area contributed by atoms with Crippen molar-refractivity contribution < 1.29 is 14.7 Å². The fourth-order valence-electron chi connectivity index (χ4n) is 3.15. The lowest BCUT2D eigenvalue weighted by molar-refractivity contribution is -0.121. The highest BCUT2D eigenvalue weighted by atomic mass is 16.4. The smallest absolute Gasteiger partial charge is 0.337 e. The Bertz CT molecular complexity index is 788. The molecule has 2 heterocycles. The van der Waals surface area contributed by atoms with Crippen LogP contribution in [0.4, 0.5) is 0 Å². The van der Waals surface area contributed by atoms with Gasteiger partial charge in [0.2, 0.25) is 5.91 Å². The maximum absolute atomic E-state index is 12.1. The summed E-state index contributed by atoms with van der Waals surface area (Å²) in [6, 6.07) is 8.73. The van der Waals surface area contributed by atoms with Gasteiger partial charge in [-0.05, 0) is 32.9 Å². The van der Waals surface area contributed by atoms with Crippen LogP contribution in [0.3, 0.4) is 0 Å². The number of nitrogens with one attached hydrogen (secondary N) is 1. The zero-order valence-electron chi connectivity index (χ0n) is 13.3. The molecule has 3 rings (SSSR count). The van der Waals surface area contributed by atoms with E-state index in [0.29, 0.717) is 11.2 Å². The molecule has 0 bridgehead atoms. The van der Waals surface area contributed by atoms with Gasteiger partial charge in [0, 0.05) is 11.4 Å². The highest BCUT2D eigenvalue weighted by Gasteiger charge is 2.41. The van der Waals surface area contributed by atoms with Crippen LogP contribution in [0.1, 0.15) is 43.0 Å². The van der Waals surface area contributed by atoms with Crippen molar-refractivity contribution in [2.45, 2.75) is 39.0 Å². The van der Waals surface area contributed by atoms with E-state index in [1.165, 1.54) is 0 Å². The molecule has 1 saturated heterocycles. The molecule has 6 heteroatoms. The van der Waals surface area contributed by atoms with Crippen molar-refractivity contribution in [1.29, 1.82) is 0 Å². The molecule has 2 N–H and O–H groups in total. The number of carboxylic acids is 1. The van der Waals surface area contributed by atoms with Crippen LogP contribution >= 0.6 is 0 Å². The third-order valence-corrected chi connectivity index (χ3v) is 4.24. The minimum absolute atomic E-state index is 0.0730. The van der Waals surface area contributed by atoms with E-state index in [1.54, 1.807) is 6.07 Å². The van der Waals surface area contributed by atoms with E-state index >= 15 is 0 Å². The first-order chi connectivity index (χ1) is 10.9. The lowest BCUT2D eigenvalue weighted by atomic mass is 10.1. The molecule has 120 valence electrons. The van der Waals surface area contributed by atoms with Crippen LogP contribution in [0.15, 0.2) is 30.3 Å². The van der Waals surface area contributed by atoms with Crippen molar-refractivity contribution in [3.05, 3.63) is 41.6 Å². The van der Waals surface area contributed by atoms with Gasteiger partial charge in [0.05, 0.1) is 22.8 Å². The Morgan fingerprint density at radius 3 is 2.70 bits per heavy atom. The van der Waals surface area contributed by atoms with E-state index in [4.69, 9.17) is 0 Å². The van der Waals surface area contributed by atoms with E-state index in [1.807, 2.05) is 49.9 Å². The Morgan fingerprint density at radius 2 is 2.04 bits per heavy atom. The first-order valence-electron chi connectivity index (χ1n) is 7.61. The molecule has 0 aliphatic carbocycles. The molecule has 1 aliphatic heterocycles. The van der Waals surface area contributed by atoms with E-state index in [9.17, 15) is 14.7 Å². The zero-order chi connectivity index (χ0) is 16.7. The average Bonchev–Trinajstić information content (AvgIpc) is 2.81. The van der Waals surface area contributed by atoms with Gasteiger partial charge in [0.15, 0.2) is 0 Å². The Labute approximate surface area is 134 Å². The number of aromatic carboxylic acids is 1. The molecule has 2 aromatic rings. The number of hydrogen-bond acceptors (Lipinski definition) is 4. The van der Waals surface area contributed by atoms with Crippen LogP contribution in [-0.4, -0.2) is 39.0 Å². The number of carboxylic acid groups (broad SMARTS) is 1. The van der Waals surface area contributed by atoms with Gasteiger partial charge in [-0.3, -0.25) is 9.69 Å². The summed E-state index contributed by atoms with van der Waals surface area (Å²) < 4.78 is 0. The monoisotopic (exact) mass is 313 g/mol. The van der Waals surface area contributed by atoms with Gasteiger partial charge in [-0.1, -0.05) is 18.2 Å². The maximum Gasteiger partial charge on any atom is 0.337 e. The number of amides is 1.